The van der Waals surface area contributed by atoms with Crippen LogP contribution in [0.1, 0.15) is 45.2 Å². The van der Waals surface area contributed by atoms with Crippen LogP contribution in [0, 0.1) is 5.82 Å². The highest BCUT2D eigenvalue weighted by Gasteiger charge is 2.30. The Kier molecular flexibility index (Phi) is 7.80. The fourth-order valence-corrected chi connectivity index (χ4v) is 3.27. The molecule has 2 amide bonds. The van der Waals surface area contributed by atoms with Crippen molar-refractivity contribution in [2.75, 3.05) is 0 Å². The van der Waals surface area contributed by atoms with Crippen molar-refractivity contribution in [3.05, 3.63) is 70.5 Å². The Balaban J connectivity index is 2.32. The molecule has 0 radical (unpaired) electrons. The van der Waals surface area contributed by atoms with Crippen LogP contribution in [0.5, 0.6) is 0 Å². The zero-order chi connectivity index (χ0) is 21.6. The highest BCUT2D eigenvalue weighted by molar-refractivity contribution is 6.31. The van der Waals surface area contributed by atoms with Gasteiger partial charge < -0.3 is 10.2 Å². The number of carbonyl (C=O) groups is 2. The Morgan fingerprint density at radius 1 is 1.10 bits per heavy atom. The van der Waals surface area contributed by atoms with Gasteiger partial charge in [-0.15, -0.1) is 0 Å². The molecule has 156 valence electrons. The number of hydrogen-bond acceptors (Lipinski definition) is 2. The Labute approximate surface area is 177 Å². The summed E-state index contributed by atoms with van der Waals surface area (Å²) in [7, 11) is 0. The van der Waals surface area contributed by atoms with E-state index in [1.807, 2.05) is 33.8 Å². The molecule has 0 bridgehead atoms. The molecule has 0 fully saturated rings. The first-order valence-corrected chi connectivity index (χ1v) is 10.1. The standard InChI is InChI=1S/C23H28ClFN2O2/c1-5-20(22(29)26-23(2,3)4)27(15-16-10-12-18(25)13-11-16)21(28)14-17-8-6-7-9-19(17)24/h6-13,20H,5,14-15H2,1-4H3,(H,26,29). The molecule has 1 unspecified atom stereocenters. The molecule has 2 aromatic carbocycles. The Morgan fingerprint density at radius 3 is 2.28 bits per heavy atom. The van der Waals surface area contributed by atoms with Gasteiger partial charge in [0.1, 0.15) is 11.9 Å². The second-order valence-electron chi connectivity index (χ2n) is 8.08. The van der Waals surface area contributed by atoms with Crippen molar-refractivity contribution in [2.45, 2.75) is 58.7 Å². The van der Waals surface area contributed by atoms with Gasteiger partial charge in [-0.2, -0.15) is 0 Å². The van der Waals surface area contributed by atoms with Gasteiger partial charge in [-0.1, -0.05) is 48.9 Å². The van der Waals surface area contributed by atoms with Gasteiger partial charge in [-0.25, -0.2) is 4.39 Å². The molecule has 0 heterocycles. The Morgan fingerprint density at radius 2 is 1.72 bits per heavy atom. The fraction of sp³-hybridized carbons (Fsp3) is 0.391. The van der Waals surface area contributed by atoms with E-state index in [-0.39, 0.29) is 30.6 Å². The first-order chi connectivity index (χ1) is 13.6. The molecule has 0 saturated carbocycles. The largest absolute Gasteiger partial charge is 0.350 e. The van der Waals surface area contributed by atoms with E-state index in [9.17, 15) is 14.0 Å². The zero-order valence-corrected chi connectivity index (χ0v) is 18.1. The van der Waals surface area contributed by atoms with Crippen LogP contribution in [0.25, 0.3) is 0 Å². The number of amides is 2. The van der Waals surface area contributed by atoms with Gasteiger partial charge in [0.05, 0.1) is 6.42 Å². The lowest BCUT2D eigenvalue weighted by molar-refractivity contribution is -0.141. The van der Waals surface area contributed by atoms with E-state index >= 15 is 0 Å². The quantitative estimate of drug-likeness (QED) is 0.705. The fourth-order valence-electron chi connectivity index (χ4n) is 3.07. The van der Waals surface area contributed by atoms with E-state index in [1.54, 1.807) is 35.2 Å². The zero-order valence-electron chi connectivity index (χ0n) is 17.3. The van der Waals surface area contributed by atoms with Crippen LogP contribution in [0.3, 0.4) is 0 Å². The lowest BCUT2D eigenvalue weighted by Crippen LogP contribution is -2.53. The normalized spacial score (nSPS) is 12.3. The van der Waals surface area contributed by atoms with Gasteiger partial charge in [-0.3, -0.25) is 9.59 Å². The van der Waals surface area contributed by atoms with Crippen LogP contribution in [0.4, 0.5) is 4.39 Å². The predicted octanol–water partition coefficient (Wildman–Crippen LogP) is 4.74. The molecular formula is C23H28ClFN2O2. The first-order valence-electron chi connectivity index (χ1n) is 9.70. The van der Waals surface area contributed by atoms with Crippen LogP contribution in [-0.4, -0.2) is 28.3 Å². The molecule has 2 aromatic rings. The van der Waals surface area contributed by atoms with E-state index in [4.69, 9.17) is 11.6 Å². The molecule has 0 aliphatic heterocycles. The number of hydrogen-bond donors (Lipinski definition) is 1. The average Bonchev–Trinajstić information content (AvgIpc) is 2.63. The maximum atomic E-state index is 13.3. The molecule has 6 heteroatoms. The first kappa shape index (κ1) is 22.9. The van der Waals surface area contributed by atoms with Crippen molar-refractivity contribution >= 4 is 23.4 Å². The maximum Gasteiger partial charge on any atom is 0.243 e. The summed E-state index contributed by atoms with van der Waals surface area (Å²) in [5, 5.41) is 3.47. The number of carbonyl (C=O) groups excluding carboxylic acids is 2. The highest BCUT2D eigenvalue weighted by Crippen LogP contribution is 2.20. The van der Waals surface area contributed by atoms with Crippen LogP contribution in [-0.2, 0) is 22.6 Å². The van der Waals surface area contributed by atoms with Crippen LogP contribution < -0.4 is 5.32 Å². The van der Waals surface area contributed by atoms with Gasteiger partial charge >= 0.3 is 0 Å². The third-order valence-corrected chi connectivity index (χ3v) is 4.82. The molecule has 0 aliphatic carbocycles. The summed E-state index contributed by atoms with van der Waals surface area (Å²) in [6.07, 6.45) is 0.539. The minimum Gasteiger partial charge on any atom is -0.350 e. The molecule has 0 spiro atoms. The number of halogens is 2. The monoisotopic (exact) mass is 418 g/mol. The molecule has 4 nitrogen and oxygen atoms in total. The van der Waals surface area contributed by atoms with Crippen molar-refractivity contribution in [3.63, 3.8) is 0 Å². The van der Waals surface area contributed by atoms with Gasteiger partial charge in [0.15, 0.2) is 0 Å². The van der Waals surface area contributed by atoms with Crippen molar-refractivity contribution in [1.29, 1.82) is 0 Å². The lowest BCUT2D eigenvalue weighted by Gasteiger charge is -2.33. The maximum absolute atomic E-state index is 13.3. The summed E-state index contributed by atoms with van der Waals surface area (Å²) in [5.74, 6) is -0.770. The molecule has 0 aromatic heterocycles. The Hall–Kier alpha value is -2.40. The van der Waals surface area contributed by atoms with E-state index in [0.29, 0.717) is 17.0 Å². The molecule has 29 heavy (non-hydrogen) atoms. The molecule has 2 rings (SSSR count). The van der Waals surface area contributed by atoms with E-state index in [0.717, 1.165) is 5.56 Å². The second-order valence-corrected chi connectivity index (χ2v) is 8.49. The highest BCUT2D eigenvalue weighted by atomic mass is 35.5. The molecule has 0 saturated heterocycles. The minimum absolute atomic E-state index is 0.0835. The van der Waals surface area contributed by atoms with Gasteiger partial charge in [0.2, 0.25) is 11.8 Å². The molecule has 0 aliphatic rings. The third-order valence-electron chi connectivity index (χ3n) is 4.45. The SMILES string of the molecule is CCC(C(=O)NC(C)(C)C)N(Cc1ccc(F)cc1)C(=O)Cc1ccccc1Cl. The number of nitrogens with one attached hydrogen (secondary N) is 1. The summed E-state index contributed by atoms with van der Waals surface area (Å²) in [6.45, 7) is 7.77. The lowest BCUT2D eigenvalue weighted by atomic mass is 10.0. The average molecular weight is 419 g/mol. The summed E-state index contributed by atoms with van der Waals surface area (Å²) < 4.78 is 13.3. The summed E-state index contributed by atoms with van der Waals surface area (Å²) in [6, 6.07) is 12.5. The van der Waals surface area contributed by atoms with Crippen molar-refractivity contribution in [1.82, 2.24) is 10.2 Å². The van der Waals surface area contributed by atoms with E-state index in [1.165, 1.54) is 12.1 Å². The predicted molar refractivity (Wildman–Crippen MR) is 114 cm³/mol. The number of benzene rings is 2. The number of rotatable bonds is 7. The van der Waals surface area contributed by atoms with Crippen molar-refractivity contribution in [3.8, 4) is 0 Å². The summed E-state index contributed by atoms with van der Waals surface area (Å²) in [5.41, 5.74) is 1.04. The summed E-state index contributed by atoms with van der Waals surface area (Å²) in [4.78, 5) is 27.7. The van der Waals surface area contributed by atoms with Crippen LogP contribution in [0.2, 0.25) is 5.02 Å². The van der Waals surface area contributed by atoms with Crippen molar-refractivity contribution in [2.24, 2.45) is 0 Å². The molecule has 1 atom stereocenters. The van der Waals surface area contributed by atoms with Gasteiger partial charge in [0, 0.05) is 17.1 Å². The van der Waals surface area contributed by atoms with Crippen LogP contribution >= 0.6 is 11.6 Å². The second kappa shape index (κ2) is 9.88. The summed E-state index contributed by atoms with van der Waals surface area (Å²) >= 11 is 6.22. The smallest absolute Gasteiger partial charge is 0.243 e. The van der Waals surface area contributed by atoms with E-state index < -0.39 is 11.6 Å². The van der Waals surface area contributed by atoms with Gasteiger partial charge in [0.25, 0.3) is 0 Å². The third kappa shape index (κ3) is 6.86. The van der Waals surface area contributed by atoms with Crippen molar-refractivity contribution < 1.29 is 14.0 Å². The Bertz CT molecular complexity index is 847. The minimum atomic E-state index is -0.644. The van der Waals surface area contributed by atoms with Gasteiger partial charge in [-0.05, 0) is 56.5 Å². The molecular weight excluding hydrogens is 391 g/mol. The van der Waals surface area contributed by atoms with Crippen LogP contribution in [0.15, 0.2) is 48.5 Å². The van der Waals surface area contributed by atoms with E-state index in [2.05, 4.69) is 5.32 Å². The topological polar surface area (TPSA) is 49.4 Å². The number of nitrogens with zero attached hydrogens (tertiary/aromatic N) is 1. The molecule has 1 N–H and O–H groups in total.